The molecular formula is C19H18Cl2N4O3S3. The number of carbonyl (C=O) groups is 1. The van der Waals surface area contributed by atoms with Gasteiger partial charge >= 0.3 is 0 Å². The minimum Gasteiger partial charge on any atom is -0.299 e. The number of amides is 1. The van der Waals surface area contributed by atoms with Gasteiger partial charge in [0, 0.05) is 0 Å². The van der Waals surface area contributed by atoms with Gasteiger partial charge in [-0.3, -0.25) is 14.4 Å². The van der Waals surface area contributed by atoms with Gasteiger partial charge in [-0.2, -0.15) is 0 Å². The third kappa shape index (κ3) is 5.89. The Balaban J connectivity index is 1.92. The molecule has 0 radical (unpaired) electrons. The Morgan fingerprint density at radius 2 is 1.84 bits per heavy atom. The fourth-order valence-electron chi connectivity index (χ4n) is 2.52. The summed E-state index contributed by atoms with van der Waals surface area (Å²) in [6.07, 6.45) is 0. The minimum atomic E-state index is -4.06. The lowest BCUT2D eigenvalue weighted by Gasteiger charge is -2.24. The molecule has 0 saturated heterocycles. The van der Waals surface area contributed by atoms with Gasteiger partial charge in [0.1, 0.15) is 6.54 Å². The highest BCUT2D eigenvalue weighted by Gasteiger charge is 2.28. The molecule has 0 aliphatic carbocycles. The molecular weight excluding hydrogens is 499 g/mol. The lowest BCUT2D eigenvalue weighted by Crippen LogP contribution is -2.38. The Morgan fingerprint density at radius 1 is 1.13 bits per heavy atom. The molecule has 0 atom stereocenters. The van der Waals surface area contributed by atoms with Gasteiger partial charge < -0.3 is 0 Å². The largest absolute Gasteiger partial charge is 0.299 e. The first-order valence-electron chi connectivity index (χ1n) is 9.01. The number of aryl methyl sites for hydroxylation is 1. The van der Waals surface area contributed by atoms with Crippen molar-refractivity contribution in [2.45, 2.75) is 23.1 Å². The molecule has 31 heavy (non-hydrogen) atoms. The number of halogens is 2. The van der Waals surface area contributed by atoms with Gasteiger partial charge in [0.05, 0.1) is 20.6 Å². The van der Waals surface area contributed by atoms with Crippen LogP contribution in [0.15, 0.2) is 51.7 Å². The number of thioether (sulfide) groups is 1. The second kappa shape index (κ2) is 10.2. The zero-order valence-electron chi connectivity index (χ0n) is 16.5. The van der Waals surface area contributed by atoms with Gasteiger partial charge in [-0.05, 0) is 43.0 Å². The summed E-state index contributed by atoms with van der Waals surface area (Å²) in [6, 6.07) is 10.7. The molecule has 3 aromatic rings. The van der Waals surface area contributed by atoms with Crippen LogP contribution in [0, 0.1) is 6.92 Å². The number of carbonyl (C=O) groups excluding carboxylic acids is 1. The molecule has 1 aromatic heterocycles. The number of hydrogen-bond acceptors (Lipinski definition) is 7. The van der Waals surface area contributed by atoms with Crippen LogP contribution in [-0.4, -0.2) is 36.8 Å². The maximum Gasteiger partial charge on any atom is 0.264 e. The van der Waals surface area contributed by atoms with Crippen LogP contribution in [0.3, 0.4) is 0 Å². The first-order chi connectivity index (χ1) is 14.7. The number of rotatable bonds is 8. The van der Waals surface area contributed by atoms with E-state index in [0.29, 0.717) is 9.47 Å². The summed E-state index contributed by atoms with van der Waals surface area (Å²) in [5.74, 6) is 0.258. The van der Waals surface area contributed by atoms with E-state index >= 15 is 0 Å². The van der Waals surface area contributed by atoms with E-state index in [0.717, 1.165) is 15.6 Å². The quantitative estimate of drug-likeness (QED) is 0.330. The van der Waals surface area contributed by atoms with E-state index in [1.807, 2.05) is 13.8 Å². The van der Waals surface area contributed by atoms with Crippen LogP contribution in [0.2, 0.25) is 10.0 Å². The van der Waals surface area contributed by atoms with E-state index in [1.165, 1.54) is 53.4 Å². The number of nitrogens with one attached hydrogen (secondary N) is 1. The van der Waals surface area contributed by atoms with Crippen molar-refractivity contribution in [1.29, 1.82) is 0 Å². The number of anilines is 2. The molecule has 1 amide bonds. The fourth-order valence-corrected chi connectivity index (χ4v) is 5.89. The zero-order valence-corrected chi connectivity index (χ0v) is 20.5. The average molecular weight is 517 g/mol. The van der Waals surface area contributed by atoms with Crippen LogP contribution < -0.4 is 9.62 Å². The van der Waals surface area contributed by atoms with E-state index < -0.39 is 22.5 Å². The summed E-state index contributed by atoms with van der Waals surface area (Å²) in [7, 11) is -4.06. The van der Waals surface area contributed by atoms with Crippen LogP contribution in [0.4, 0.5) is 10.8 Å². The van der Waals surface area contributed by atoms with Crippen molar-refractivity contribution >= 4 is 73.0 Å². The predicted molar refractivity (Wildman–Crippen MR) is 127 cm³/mol. The molecule has 0 bridgehead atoms. The van der Waals surface area contributed by atoms with Crippen LogP contribution in [-0.2, 0) is 14.8 Å². The van der Waals surface area contributed by atoms with Crippen molar-refractivity contribution in [2.75, 3.05) is 21.9 Å². The van der Waals surface area contributed by atoms with Gasteiger partial charge in [-0.1, -0.05) is 70.9 Å². The molecule has 0 unspecified atom stereocenters. The van der Waals surface area contributed by atoms with E-state index in [1.54, 1.807) is 12.1 Å². The molecule has 7 nitrogen and oxygen atoms in total. The summed E-state index contributed by atoms with van der Waals surface area (Å²) >= 11 is 14.8. The van der Waals surface area contributed by atoms with E-state index in [9.17, 15) is 13.2 Å². The fraction of sp³-hybridized carbons (Fsp3) is 0.211. The van der Waals surface area contributed by atoms with E-state index in [4.69, 9.17) is 23.2 Å². The number of sulfonamides is 1. The second-order valence-corrected chi connectivity index (χ2v) is 11.4. The summed E-state index contributed by atoms with van der Waals surface area (Å²) in [5, 5.41) is 11.2. The molecule has 0 fully saturated rings. The van der Waals surface area contributed by atoms with Crippen LogP contribution in [0.1, 0.15) is 12.5 Å². The van der Waals surface area contributed by atoms with Crippen LogP contribution in [0.5, 0.6) is 0 Å². The minimum absolute atomic E-state index is 0.0505. The Hall–Kier alpha value is -1.85. The molecule has 0 aliphatic heterocycles. The van der Waals surface area contributed by atoms with Crippen molar-refractivity contribution in [3.8, 4) is 0 Å². The Morgan fingerprint density at radius 3 is 2.48 bits per heavy atom. The Kier molecular flexibility index (Phi) is 7.82. The molecule has 0 spiro atoms. The number of aromatic nitrogens is 2. The molecule has 1 heterocycles. The van der Waals surface area contributed by atoms with Crippen molar-refractivity contribution in [1.82, 2.24) is 10.2 Å². The van der Waals surface area contributed by atoms with Crippen molar-refractivity contribution < 1.29 is 13.2 Å². The molecule has 0 aliphatic rings. The Labute approximate surface area is 198 Å². The maximum atomic E-state index is 13.4. The molecule has 12 heteroatoms. The number of hydrogen-bond donors (Lipinski definition) is 1. The third-order valence-corrected chi connectivity index (χ3v) is 8.39. The van der Waals surface area contributed by atoms with Gasteiger partial charge in [0.25, 0.3) is 10.0 Å². The van der Waals surface area contributed by atoms with Gasteiger partial charge in [0.15, 0.2) is 4.34 Å². The highest BCUT2D eigenvalue weighted by Crippen LogP contribution is 2.31. The smallest absolute Gasteiger partial charge is 0.264 e. The monoisotopic (exact) mass is 516 g/mol. The third-order valence-electron chi connectivity index (χ3n) is 4.01. The maximum absolute atomic E-state index is 13.4. The van der Waals surface area contributed by atoms with Crippen molar-refractivity contribution in [2.24, 2.45) is 0 Å². The normalized spacial score (nSPS) is 11.4. The van der Waals surface area contributed by atoms with Gasteiger partial charge in [-0.15, -0.1) is 10.2 Å². The predicted octanol–water partition coefficient (Wildman–Crippen LogP) is 5.10. The average Bonchev–Trinajstić information content (AvgIpc) is 3.15. The van der Waals surface area contributed by atoms with E-state index in [2.05, 4.69) is 15.5 Å². The number of nitrogens with zero attached hydrogens (tertiary/aromatic N) is 3. The highest BCUT2D eigenvalue weighted by molar-refractivity contribution is 8.01. The lowest BCUT2D eigenvalue weighted by molar-refractivity contribution is -0.114. The summed E-state index contributed by atoms with van der Waals surface area (Å²) < 4.78 is 28.4. The first kappa shape index (κ1) is 23.8. The highest BCUT2D eigenvalue weighted by atomic mass is 35.5. The molecule has 0 saturated carbocycles. The topological polar surface area (TPSA) is 92.3 Å². The molecule has 164 valence electrons. The van der Waals surface area contributed by atoms with Crippen molar-refractivity contribution in [3.63, 3.8) is 0 Å². The summed E-state index contributed by atoms with van der Waals surface area (Å²) in [6.45, 7) is 3.35. The van der Waals surface area contributed by atoms with Crippen LogP contribution in [0.25, 0.3) is 0 Å². The SMILES string of the molecule is CCSc1nnc(NC(=O)CN(c2ccc(Cl)c(Cl)c2)S(=O)(=O)c2ccc(C)cc2)s1. The summed E-state index contributed by atoms with van der Waals surface area (Å²) in [4.78, 5) is 12.8. The van der Waals surface area contributed by atoms with Crippen molar-refractivity contribution in [3.05, 3.63) is 58.1 Å². The summed E-state index contributed by atoms with van der Waals surface area (Å²) in [5.41, 5.74) is 1.12. The molecule has 1 N–H and O–H groups in total. The Bertz CT molecular complexity index is 1180. The zero-order chi connectivity index (χ0) is 22.6. The van der Waals surface area contributed by atoms with Gasteiger partial charge in [0.2, 0.25) is 11.0 Å². The standard InChI is InChI=1S/C19H18Cl2N4O3S3/c1-3-29-19-24-23-18(30-19)22-17(26)11-25(13-6-9-15(20)16(21)10-13)31(27,28)14-7-4-12(2)5-8-14/h4-10H,3,11H2,1-2H3,(H,22,23,26). The lowest BCUT2D eigenvalue weighted by atomic mass is 10.2. The van der Waals surface area contributed by atoms with Crippen LogP contribution >= 0.6 is 46.3 Å². The first-order valence-corrected chi connectivity index (χ1v) is 13.0. The number of benzene rings is 2. The van der Waals surface area contributed by atoms with Gasteiger partial charge in [-0.25, -0.2) is 8.42 Å². The molecule has 3 rings (SSSR count). The molecule has 2 aromatic carbocycles. The van der Waals surface area contributed by atoms with E-state index in [-0.39, 0.29) is 20.6 Å². The second-order valence-electron chi connectivity index (χ2n) is 6.28.